The lowest BCUT2D eigenvalue weighted by Crippen LogP contribution is -2.34. The van der Waals surface area contributed by atoms with Crippen LogP contribution < -0.4 is 0 Å². The summed E-state index contributed by atoms with van der Waals surface area (Å²) in [5.41, 5.74) is 4.23. The molecule has 0 N–H and O–H groups in total. The molecule has 1 aromatic rings. The number of hydrogen-bond acceptors (Lipinski definition) is 2. The zero-order chi connectivity index (χ0) is 13.2. The summed E-state index contributed by atoms with van der Waals surface area (Å²) < 4.78 is 11.1. The van der Waals surface area contributed by atoms with Gasteiger partial charge in [-0.3, -0.25) is 4.57 Å². The number of rotatable bonds is 3. The molecule has 92 valence electrons. The molecular formula is C15H16NOP. The lowest BCUT2D eigenvalue weighted by molar-refractivity contribution is 0.515. The molecule has 0 spiro atoms. The van der Waals surface area contributed by atoms with Crippen molar-refractivity contribution < 1.29 is 4.57 Å². The van der Waals surface area contributed by atoms with Crippen LogP contribution in [0.5, 0.6) is 0 Å². The molecular weight excluding hydrogens is 241 g/mol. The number of nitrogens with zero attached hydrogens (tertiary/aromatic N) is 1. The topological polar surface area (TPSA) is 40.9 Å². The zero-order valence-corrected chi connectivity index (χ0v) is 11.5. The maximum atomic E-state index is 11.1. The van der Waals surface area contributed by atoms with E-state index in [1.54, 1.807) is 0 Å². The molecule has 0 aliphatic heterocycles. The van der Waals surface area contributed by atoms with Crippen LogP contribution in [0.25, 0.3) is 0 Å². The van der Waals surface area contributed by atoms with Crippen LogP contribution in [0.3, 0.4) is 0 Å². The Morgan fingerprint density at radius 1 is 1.50 bits per heavy atom. The van der Waals surface area contributed by atoms with Gasteiger partial charge in [-0.15, -0.1) is 0 Å². The van der Waals surface area contributed by atoms with Crippen molar-refractivity contribution in [3.8, 4) is 6.07 Å². The zero-order valence-electron chi connectivity index (χ0n) is 10.6. The lowest BCUT2D eigenvalue weighted by atomic mass is 9.66. The Labute approximate surface area is 110 Å². The summed E-state index contributed by atoms with van der Waals surface area (Å²) in [4.78, 5) is 0. The van der Waals surface area contributed by atoms with Crippen molar-refractivity contribution in [1.29, 1.82) is 5.26 Å². The van der Waals surface area contributed by atoms with Crippen molar-refractivity contribution >= 4 is 8.46 Å². The molecule has 0 amide bonds. The summed E-state index contributed by atoms with van der Waals surface area (Å²) in [6.45, 7) is 6.18. The van der Waals surface area contributed by atoms with Gasteiger partial charge >= 0.3 is 0 Å². The van der Waals surface area contributed by atoms with Crippen molar-refractivity contribution in [2.45, 2.75) is 31.6 Å². The van der Waals surface area contributed by atoms with Gasteiger partial charge in [0, 0.05) is 18.0 Å². The van der Waals surface area contributed by atoms with E-state index in [0.29, 0.717) is 12.6 Å². The molecule has 0 saturated heterocycles. The highest BCUT2D eigenvalue weighted by atomic mass is 31.1. The second kappa shape index (κ2) is 5.04. The molecule has 2 rings (SSSR count). The van der Waals surface area contributed by atoms with Crippen LogP contribution in [0, 0.1) is 18.3 Å². The van der Waals surface area contributed by atoms with Crippen LogP contribution in [-0.2, 0) is 16.4 Å². The summed E-state index contributed by atoms with van der Waals surface area (Å²) in [5.74, 6) is 0. The van der Waals surface area contributed by atoms with Crippen molar-refractivity contribution in [2.75, 3.05) is 6.16 Å². The highest BCUT2D eigenvalue weighted by Crippen LogP contribution is 2.45. The Morgan fingerprint density at radius 3 is 2.94 bits per heavy atom. The van der Waals surface area contributed by atoms with E-state index < -0.39 is 5.41 Å². The smallest absolute Gasteiger partial charge is 0.156 e. The molecule has 1 unspecified atom stereocenters. The largest absolute Gasteiger partial charge is 0.275 e. The summed E-state index contributed by atoms with van der Waals surface area (Å²) in [7, 11) is 0.0803. The molecule has 1 atom stereocenters. The molecule has 0 aromatic heterocycles. The van der Waals surface area contributed by atoms with E-state index in [0.717, 1.165) is 24.0 Å². The van der Waals surface area contributed by atoms with Gasteiger partial charge in [0.25, 0.3) is 0 Å². The summed E-state index contributed by atoms with van der Waals surface area (Å²) in [6, 6.07) is 8.60. The number of allylic oxidation sites excluding steroid dienone is 1. The van der Waals surface area contributed by atoms with Gasteiger partial charge in [-0.25, -0.2) is 0 Å². The Hall–Kier alpha value is -1.45. The predicted octanol–water partition coefficient (Wildman–Crippen LogP) is 3.94. The fourth-order valence-corrected chi connectivity index (χ4v) is 3.51. The minimum absolute atomic E-state index is 0.0803. The third kappa shape index (κ3) is 2.00. The second-order valence-electron chi connectivity index (χ2n) is 4.97. The standard InChI is InChI=1S/C15H16NOP/c1-11-3-5-13-6-4-12(2)15(7-8-16,10-18-17)14(13)9-11/h3,5,9H,2,4,6-7,10H2,1H3. The first-order valence-corrected chi connectivity index (χ1v) is 7.08. The van der Waals surface area contributed by atoms with Crippen LogP contribution in [0.4, 0.5) is 0 Å². The van der Waals surface area contributed by atoms with Gasteiger partial charge in [-0.1, -0.05) is 35.9 Å². The molecule has 18 heavy (non-hydrogen) atoms. The molecule has 0 fully saturated rings. The van der Waals surface area contributed by atoms with E-state index in [1.165, 1.54) is 11.1 Å². The van der Waals surface area contributed by atoms with E-state index in [9.17, 15) is 4.57 Å². The number of aryl methyl sites for hydroxylation is 2. The van der Waals surface area contributed by atoms with Gasteiger partial charge in [0.15, 0.2) is 8.46 Å². The Kier molecular flexibility index (Phi) is 3.64. The van der Waals surface area contributed by atoms with Gasteiger partial charge in [-0.2, -0.15) is 5.26 Å². The minimum Gasteiger partial charge on any atom is -0.275 e. The van der Waals surface area contributed by atoms with Crippen molar-refractivity contribution in [1.82, 2.24) is 0 Å². The number of fused-ring (bicyclic) bond motifs is 1. The van der Waals surface area contributed by atoms with Crippen LogP contribution in [0.1, 0.15) is 29.5 Å². The van der Waals surface area contributed by atoms with E-state index >= 15 is 0 Å². The third-order valence-corrected chi connectivity index (χ3v) is 4.54. The Balaban J connectivity index is 2.64. The fourth-order valence-electron chi connectivity index (χ4n) is 2.79. The summed E-state index contributed by atoms with van der Waals surface area (Å²) in [6.07, 6.45) is 2.66. The average molecular weight is 257 g/mol. The molecule has 1 aliphatic carbocycles. The van der Waals surface area contributed by atoms with Gasteiger partial charge in [0.2, 0.25) is 0 Å². The highest BCUT2D eigenvalue weighted by Gasteiger charge is 2.39. The first kappa shape index (κ1) is 13.0. The fraction of sp³-hybridized carbons (Fsp3) is 0.400. The van der Waals surface area contributed by atoms with E-state index in [4.69, 9.17) is 5.26 Å². The third-order valence-electron chi connectivity index (χ3n) is 3.87. The first-order valence-electron chi connectivity index (χ1n) is 6.08. The summed E-state index contributed by atoms with van der Waals surface area (Å²) in [5, 5.41) is 9.13. The monoisotopic (exact) mass is 257 g/mol. The van der Waals surface area contributed by atoms with E-state index in [-0.39, 0.29) is 8.46 Å². The van der Waals surface area contributed by atoms with Crippen molar-refractivity contribution in [2.24, 2.45) is 0 Å². The molecule has 0 heterocycles. The molecule has 0 radical (unpaired) electrons. The maximum Gasteiger partial charge on any atom is 0.156 e. The number of benzene rings is 1. The molecule has 2 nitrogen and oxygen atoms in total. The van der Waals surface area contributed by atoms with Gasteiger partial charge in [0.1, 0.15) is 0 Å². The highest BCUT2D eigenvalue weighted by molar-refractivity contribution is 7.23. The van der Waals surface area contributed by atoms with Crippen molar-refractivity contribution in [3.05, 3.63) is 47.0 Å². The summed E-state index contributed by atoms with van der Waals surface area (Å²) >= 11 is 0. The molecule has 1 aliphatic rings. The Morgan fingerprint density at radius 2 is 2.28 bits per heavy atom. The van der Waals surface area contributed by atoms with E-state index in [1.807, 2.05) is 6.92 Å². The van der Waals surface area contributed by atoms with E-state index in [2.05, 4.69) is 30.8 Å². The predicted molar refractivity (Wildman–Crippen MR) is 73.0 cm³/mol. The SMILES string of the molecule is C=C1CCc2ccc(C)cc2C1(CC#N)CP=O. The van der Waals surface area contributed by atoms with Gasteiger partial charge < -0.3 is 0 Å². The number of hydrogen-bond donors (Lipinski definition) is 0. The second-order valence-corrected chi connectivity index (χ2v) is 5.54. The van der Waals surface area contributed by atoms with Crippen LogP contribution >= 0.6 is 8.46 Å². The van der Waals surface area contributed by atoms with Crippen LogP contribution in [0.2, 0.25) is 0 Å². The molecule has 0 saturated carbocycles. The maximum absolute atomic E-state index is 11.1. The van der Waals surface area contributed by atoms with Gasteiger partial charge in [0.05, 0.1) is 6.07 Å². The quantitative estimate of drug-likeness (QED) is 0.607. The normalized spacial score (nSPS) is 22.6. The molecule has 1 aromatic carbocycles. The average Bonchev–Trinajstić information content (AvgIpc) is 2.35. The van der Waals surface area contributed by atoms with Gasteiger partial charge in [-0.05, 0) is 30.9 Å². The van der Waals surface area contributed by atoms with Crippen LogP contribution in [-0.4, -0.2) is 6.16 Å². The van der Waals surface area contributed by atoms with Crippen molar-refractivity contribution in [3.63, 3.8) is 0 Å². The number of nitriles is 1. The molecule has 3 heteroatoms. The molecule has 0 bridgehead atoms. The Bertz CT molecular complexity index is 544. The lowest BCUT2D eigenvalue weighted by Gasteiger charge is -2.38. The first-order chi connectivity index (χ1) is 8.64. The van der Waals surface area contributed by atoms with Crippen LogP contribution in [0.15, 0.2) is 30.4 Å². The minimum atomic E-state index is -0.419.